The van der Waals surface area contributed by atoms with Crippen molar-refractivity contribution in [3.63, 3.8) is 0 Å². The minimum absolute atomic E-state index is 0.161. The molecule has 1 aliphatic carbocycles. The van der Waals surface area contributed by atoms with Crippen LogP contribution in [0, 0.1) is 12.8 Å². The predicted octanol–water partition coefficient (Wildman–Crippen LogP) is 4.52. The summed E-state index contributed by atoms with van der Waals surface area (Å²) in [6.45, 7) is 3.61. The molecule has 1 aliphatic rings. The molecule has 0 saturated heterocycles. The molecule has 0 aliphatic heterocycles. The molecule has 1 saturated carbocycles. The molecule has 10 nitrogen and oxygen atoms in total. The van der Waals surface area contributed by atoms with Crippen LogP contribution in [-0.2, 0) is 16.6 Å². The minimum Gasteiger partial charge on any atom is -0.489 e. The number of anilines is 1. The van der Waals surface area contributed by atoms with Gasteiger partial charge in [0, 0.05) is 7.05 Å². The quantitative estimate of drug-likeness (QED) is 0.506. The first-order valence-corrected chi connectivity index (χ1v) is 11.6. The Labute approximate surface area is 203 Å². The minimum atomic E-state index is -0.775. The van der Waals surface area contributed by atoms with E-state index in [-0.39, 0.29) is 12.0 Å². The molecule has 3 aromatic rings. The zero-order valence-corrected chi connectivity index (χ0v) is 20.0. The Hall–Kier alpha value is -3.95. The zero-order chi connectivity index (χ0) is 24.9. The number of carbonyl (C=O) groups excluding carboxylic acids is 1. The highest BCUT2D eigenvalue weighted by atomic mass is 16.6. The number of carbonyl (C=O) groups is 2. The average molecular weight is 480 g/mol. The molecule has 35 heavy (non-hydrogen) atoms. The van der Waals surface area contributed by atoms with Crippen molar-refractivity contribution in [1.29, 1.82) is 0 Å². The predicted molar refractivity (Wildman–Crippen MR) is 128 cm³/mol. The van der Waals surface area contributed by atoms with Crippen molar-refractivity contribution >= 4 is 17.9 Å². The van der Waals surface area contributed by atoms with Crippen molar-refractivity contribution < 1.29 is 24.2 Å². The molecular weight excluding hydrogens is 450 g/mol. The van der Waals surface area contributed by atoms with Crippen molar-refractivity contribution in [2.45, 2.75) is 51.7 Å². The molecule has 0 spiro atoms. The second kappa shape index (κ2) is 10.5. The van der Waals surface area contributed by atoms with Gasteiger partial charge in [0.15, 0.2) is 11.5 Å². The van der Waals surface area contributed by atoms with Crippen LogP contribution in [0.25, 0.3) is 11.4 Å². The van der Waals surface area contributed by atoms with Gasteiger partial charge in [-0.2, -0.15) is 0 Å². The van der Waals surface area contributed by atoms with Crippen LogP contribution in [0.1, 0.15) is 50.0 Å². The molecule has 10 heteroatoms. The number of rotatable bonds is 7. The lowest BCUT2D eigenvalue weighted by Crippen LogP contribution is -2.29. The molecule has 184 valence electrons. The molecule has 0 radical (unpaired) electrons. The molecule has 2 aromatic heterocycles. The lowest BCUT2D eigenvalue weighted by Gasteiger charge is -2.27. The number of hydrogen-bond donors (Lipinski definition) is 2. The number of aryl methyl sites for hydroxylation is 2. The van der Waals surface area contributed by atoms with E-state index >= 15 is 0 Å². The normalized spacial score (nSPS) is 18.5. The Morgan fingerprint density at radius 1 is 1.17 bits per heavy atom. The van der Waals surface area contributed by atoms with Crippen LogP contribution in [0.4, 0.5) is 10.6 Å². The number of nitrogens with zero attached hydrogens (tertiary/aromatic N) is 4. The molecule has 1 unspecified atom stereocenters. The summed E-state index contributed by atoms with van der Waals surface area (Å²) in [6.07, 6.45) is 1.57. The standard InChI is InChI=1S/C25H29N5O5/c1-15-21(35-19-11-7-10-18(14-19)24(31)32)13-12-20(26-15)22-23(30(3)29-28-22)27-25(33)34-16(2)17-8-5-4-6-9-17/h4-6,8-9,12-13,16,18-19H,7,10-11,14H2,1-3H3,(H,27,33)(H,31,32)/t16?,18-,19-/m0/s1. The number of aliphatic carboxylic acids is 1. The Morgan fingerprint density at radius 3 is 2.66 bits per heavy atom. The zero-order valence-electron chi connectivity index (χ0n) is 20.0. The van der Waals surface area contributed by atoms with E-state index in [4.69, 9.17) is 9.47 Å². The number of ether oxygens (including phenoxy) is 2. The van der Waals surface area contributed by atoms with Crippen LogP contribution in [0.3, 0.4) is 0 Å². The Bertz CT molecular complexity index is 1200. The van der Waals surface area contributed by atoms with E-state index in [1.807, 2.05) is 37.3 Å². The third-order valence-electron chi connectivity index (χ3n) is 6.15. The van der Waals surface area contributed by atoms with Gasteiger partial charge in [-0.1, -0.05) is 35.5 Å². The average Bonchev–Trinajstić information content (AvgIpc) is 3.20. The molecule has 4 rings (SSSR count). The Kier molecular flexibility index (Phi) is 7.28. The second-order valence-corrected chi connectivity index (χ2v) is 8.72. The van der Waals surface area contributed by atoms with Gasteiger partial charge >= 0.3 is 12.1 Å². The monoisotopic (exact) mass is 479 g/mol. The van der Waals surface area contributed by atoms with Gasteiger partial charge in [-0.3, -0.25) is 10.1 Å². The summed E-state index contributed by atoms with van der Waals surface area (Å²) >= 11 is 0. The number of aromatic nitrogens is 4. The van der Waals surface area contributed by atoms with Crippen LogP contribution in [0.5, 0.6) is 5.75 Å². The van der Waals surface area contributed by atoms with Crippen LogP contribution in [0.15, 0.2) is 42.5 Å². The van der Waals surface area contributed by atoms with Crippen LogP contribution in [0.2, 0.25) is 0 Å². The van der Waals surface area contributed by atoms with Crippen molar-refractivity contribution in [2.75, 3.05) is 5.32 Å². The third-order valence-corrected chi connectivity index (χ3v) is 6.15. The van der Waals surface area contributed by atoms with Crippen LogP contribution >= 0.6 is 0 Å². The largest absolute Gasteiger partial charge is 0.489 e. The fraction of sp³-hybridized carbons (Fsp3) is 0.400. The molecule has 2 heterocycles. The fourth-order valence-electron chi connectivity index (χ4n) is 4.21. The molecule has 0 bridgehead atoms. The highest BCUT2D eigenvalue weighted by molar-refractivity contribution is 5.88. The molecule has 2 N–H and O–H groups in total. The van der Waals surface area contributed by atoms with Gasteiger partial charge < -0.3 is 14.6 Å². The van der Waals surface area contributed by atoms with Gasteiger partial charge in [0.1, 0.15) is 11.9 Å². The van der Waals surface area contributed by atoms with E-state index in [0.29, 0.717) is 41.5 Å². The summed E-state index contributed by atoms with van der Waals surface area (Å²) in [5.74, 6) is -0.201. The maximum Gasteiger partial charge on any atom is 0.413 e. The maximum absolute atomic E-state index is 12.6. The van der Waals surface area contributed by atoms with E-state index < -0.39 is 18.2 Å². The number of carboxylic acids is 1. The highest BCUT2D eigenvalue weighted by Gasteiger charge is 2.28. The summed E-state index contributed by atoms with van der Waals surface area (Å²) in [7, 11) is 1.67. The van der Waals surface area contributed by atoms with Crippen LogP contribution in [-0.4, -0.2) is 43.3 Å². The Morgan fingerprint density at radius 2 is 1.94 bits per heavy atom. The van der Waals surface area contributed by atoms with E-state index in [0.717, 1.165) is 18.4 Å². The van der Waals surface area contributed by atoms with E-state index in [1.54, 1.807) is 26.1 Å². The number of hydrogen-bond acceptors (Lipinski definition) is 7. The fourth-order valence-corrected chi connectivity index (χ4v) is 4.21. The first-order chi connectivity index (χ1) is 16.8. The number of pyridine rings is 1. The van der Waals surface area contributed by atoms with Gasteiger partial charge in [0.25, 0.3) is 0 Å². The van der Waals surface area contributed by atoms with Gasteiger partial charge in [0.2, 0.25) is 0 Å². The first-order valence-electron chi connectivity index (χ1n) is 11.6. The van der Waals surface area contributed by atoms with Gasteiger partial charge in [0.05, 0.1) is 23.4 Å². The van der Waals surface area contributed by atoms with Crippen molar-refractivity contribution in [3.05, 3.63) is 53.7 Å². The van der Waals surface area contributed by atoms with Crippen molar-refractivity contribution in [2.24, 2.45) is 13.0 Å². The maximum atomic E-state index is 12.6. The van der Waals surface area contributed by atoms with E-state index in [1.165, 1.54) is 4.68 Å². The van der Waals surface area contributed by atoms with Gasteiger partial charge in [-0.05, 0) is 57.2 Å². The van der Waals surface area contributed by atoms with E-state index in [2.05, 4.69) is 20.6 Å². The summed E-state index contributed by atoms with van der Waals surface area (Å²) in [6, 6.07) is 13.0. The molecular formula is C25H29N5O5. The van der Waals surface area contributed by atoms with Gasteiger partial charge in [-0.15, -0.1) is 5.10 Å². The number of nitrogens with one attached hydrogen (secondary N) is 1. The highest BCUT2D eigenvalue weighted by Crippen LogP contribution is 2.31. The summed E-state index contributed by atoms with van der Waals surface area (Å²) in [5, 5.41) is 20.2. The number of carboxylic acid groups (broad SMARTS) is 1. The van der Waals surface area contributed by atoms with E-state index in [9.17, 15) is 14.7 Å². The lowest BCUT2D eigenvalue weighted by atomic mass is 9.87. The van der Waals surface area contributed by atoms with Gasteiger partial charge in [-0.25, -0.2) is 14.5 Å². The summed E-state index contributed by atoms with van der Waals surface area (Å²) in [5.41, 5.74) is 2.43. The lowest BCUT2D eigenvalue weighted by molar-refractivity contribution is -0.143. The molecule has 1 amide bonds. The van der Waals surface area contributed by atoms with Crippen molar-refractivity contribution in [3.8, 4) is 17.1 Å². The number of benzene rings is 1. The van der Waals surface area contributed by atoms with Crippen LogP contribution < -0.4 is 10.1 Å². The molecule has 3 atom stereocenters. The summed E-state index contributed by atoms with van der Waals surface area (Å²) in [4.78, 5) is 28.5. The second-order valence-electron chi connectivity index (χ2n) is 8.72. The first kappa shape index (κ1) is 24.2. The van der Waals surface area contributed by atoms with Crippen molar-refractivity contribution in [1.82, 2.24) is 20.0 Å². The SMILES string of the molecule is Cc1nc(-c2nnn(C)c2NC(=O)OC(C)c2ccccc2)ccc1O[C@H]1CCC[C@H](C(=O)O)C1. The molecule has 1 fully saturated rings. The smallest absolute Gasteiger partial charge is 0.413 e. The number of amides is 1. The molecule has 1 aromatic carbocycles. The third kappa shape index (κ3) is 5.76. The summed E-state index contributed by atoms with van der Waals surface area (Å²) < 4.78 is 13.0. The topological polar surface area (TPSA) is 128 Å². The Balaban J connectivity index is 1.45.